The van der Waals surface area contributed by atoms with Gasteiger partial charge in [-0.05, 0) is 19.4 Å². The molecule has 1 atom stereocenters. The highest BCUT2D eigenvalue weighted by Crippen LogP contribution is 2.31. The molecule has 1 unspecified atom stereocenters. The van der Waals surface area contributed by atoms with Gasteiger partial charge in [-0.15, -0.1) is 11.3 Å². The van der Waals surface area contributed by atoms with Gasteiger partial charge in [-0.2, -0.15) is 5.26 Å². The second-order valence-electron chi connectivity index (χ2n) is 4.33. The average molecular weight is 278 g/mol. The Labute approximate surface area is 114 Å². The number of carbonyl (C=O) groups excluding carboxylic acids is 2. The van der Waals surface area contributed by atoms with Crippen LogP contribution < -0.4 is 16.0 Å². The summed E-state index contributed by atoms with van der Waals surface area (Å²) >= 11 is 1.39. The Morgan fingerprint density at radius 3 is 2.84 bits per heavy atom. The number of hydrogen-bond acceptors (Lipinski definition) is 5. The fourth-order valence-electron chi connectivity index (χ4n) is 1.80. The van der Waals surface area contributed by atoms with Gasteiger partial charge < -0.3 is 10.6 Å². The SMILES string of the molecule is Cc1sc(NC(=O)C2CNC(=O)CN2)c(C#N)c1C. The molecule has 1 aromatic rings. The van der Waals surface area contributed by atoms with E-state index in [1.165, 1.54) is 11.3 Å². The second kappa shape index (κ2) is 5.38. The van der Waals surface area contributed by atoms with Gasteiger partial charge in [0.2, 0.25) is 11.8 Å². The van der Waals surface area contributed by atoms with Crippen LogP contribution in [0.3, 0.4) is 0 Å². The van der Waals surface area contributed by atoms with Crippen molar-refractivity contribution in [1.29, 1.82) is 5.26 Å². The fourth-order valence-corrected chi connectivity index (χ4v) is 2.81. The van der Waals surface area contributed by atoms with Crippen LogP contribution in [0.25, 0.3) is 0 Å². The second-order valence-corrected chi connectivity index (χ2v) is 5.55. The van der Waals surface area contributed by atoms with E-state index in [2.05, 4.69) is 22.0 Å². The third-order valence-corrected chi connectivity index (χ3v) is 4.19. The molecule has 7 heteroatoms. The molecule has 2 rings (SSSR count). The highest BCUT2D eigenvalue weighted by molar-refractivity contribution is 7.16. The molecule has 0 spiro atoms. The number of amides is 2. The van der Waals surface area contributed by atoms with Gasteiger partial charge in [0.05, 0.1) is 12.1 Å². The topological polar surface area (TPSA) is 94.0 Å². The van der Waals surface area contributed by atoms with Crippen LogP contribution in [0.1, 0.15) is 16.0 Å². The summed E-state index contributed by atoms with van der Waals surface area (Å²) in [6, 6.07) is 1.64. The predicted molar refractivity (Wildman–Crippen MR) is 71.9 cm³/mol. The Morgan fingerprint density at radius 2 is 2.26 bits per heavy atom. The number of carbonyl (C=O) groups is 2. The zero-order valence-electron chi connectivity index (χ0n) is 10.7. The lowest BCUT2D eigenvalue weighted by Crippen LogP contribution is -2.56. The number of anilines is 1. The zero-order valence-corrected chi connectivity index (χ0v) is 11.5. The number of aryl methyl sites for hydroxylation is 1. The minimum absolute atomic E-state index is 0.121. The number of nitrogens with zero attached hydrogens (tertiary/aromatic N) is 1. The Hall–Kier alpha value is -1.91. The molecule has 19 heavy (non-hydrogen) atoms. The molecule has 0 aromatic carbocycles. The van der Waals surface area contributed by atoms with Gasteiger partial charge in [0.15, 0.2) is 0 Å². The Kier molecular flexibility index (Phi) is 3.83. The number of nitrogens with one attached hydrogen (secondary N) is 3. The Bertz CT molecular complexity index is 563. The van der Waals surface area contributed by atoms with Crippen LogP contribution >= 0.6 is 11.3 Å². The summed E-state index contributed by atoms with van der Waals surface area (Å²) in [5, 5.41) is 17.9. The van der Waals surface area contributed by atoms with Crippen molar-refractivity contribution in [2.24, 2.45) is 0 Å². The molecule has 2 amide bonds. The molecular weight excluding hydrogens is 264 g/mol. The highest BCUT2D eigenvalue weighted by atomic mass is 32.1. The van der Waals surface area contributed by atoms with E-state index in [1.54, 1.807) is 0 Å². The smallest absolute Gasteiger partial charge is 0.243 e. The first-order valence-electron chi connectivity index (χ1n) is 5.84. The summed E-state index contributed by atoms with van der Waals surface area (Å²) in [7, 11) is 0. The van der Waals surface area contributed by atoms with Crippen LogP contribution in [-0.2, 0) is 9.59 Å². The lowest BCUT2D eigenvalue weighted by molar-refractivity contribution is -0.124. The standard InChI is InChI=1S/C12H14N4O2S/c1-6-7(2)19-12(8(6)3-13)16-11(18)9-4-15-10(17)5-14-9/h9,14H,4-5H2,1-2H3,(H,15,17)(H,16,18). The van der Waals surface area contributed by atoms with Crippen molar-refractivity contribution < 1.29 is 9.59 Å². The van der Waals surface area contributed by atoms with Gasteiger partial charge in [0, 0.05) is 11.4 Å². The largest absolute Gasteiger partial charge is 0.353 e. The fraction of sp³-hybridized carbons (Fsp3) is 0.417. The minimum Gasteiger partial charge on any atom is -0.353 e. The van der Waals surface area contributed by atoms with Gasteiger partial charge in [-0.1, -0.05) is 0 Å². The molecule has 1 fully saturated rings. The highest BCUT2D eigenvalue weighted by Gasteiger charge is 2.25. The number of nitriles is 1. The Balaban J connectivity index is 2.09. The molecule has 0 bridgehead atoms. The molecule has 3 N–H and O–H groups in total. The van der Waals surface area contributed by atoms with Gasteiger partial charge in [0.25, 0.3) is 0 Å². The van der Waals surface area contributed by atoms with E-state index < -0.39 is 6.04 Å². The predicted octanol–water partition coefficient (Wildman–Crippen LogP) is 0.263. The maximum Gasteiger partial charge on any atom is 0.243 e. The molecule has 1 aromatic heterocycles. The first-order chi connectivity index (χ1) is 9.02. The van der Waals surface area contributed by atoms with Crippen molar-refractivity contribution in [3.8, 4) is 6.07 Å². The van der Waals surface area contributed by atoms with Gasteiger partial charge in [-0.3, -0.25) is 14.9 Å². The summed E-state index contributed by atoms with van der Waals surface area (Å²) in [6.45, 7) is 4.16. The van der Waals surface area contributed by atoms with E-state index in [4.69, 9.17) is 5.26 Å². The molecule has 0 radical (unpaired) electrons. The first-order valence-corrected chi connectivity index (χ1v) is 6.65. The van der Waals surface area contributed by atoms with Gasteiger partial charge >= 0.3 is 0 Å². The number of thiophene rings is 1. The molecule has 1 saturated heterocycles. The van der Waals surface area contributed by atoms with E-state index in [9.17, 15) is 9.59 Å². The van der Waals surface area contributed by atoms with Crippen molar-refractivity contribution in [2.75, 3.05) is 18.4 Å². The van der Waals surface area contributed by atoms with E-state index in [0.29, 0.717) is 10.6 Å². The summed E-state index contributed by atoms with van der Waals surface area (Å²) < 4.78 is 0. The summed E-state index contributed by atoms with van der Waals surface area (Å²) in [6.07, 6.45) is 0. The molecule has 100 valence electrons. The number of rotatable bonds is 2. The third kappa shape index (κ3) is 2.75. The van der Waals surface area contributed by atoms with Crippen LogP contribution in [-0.4, -0.2) is 30.9 Å². The van der Waals surface area contributed by atoms with Crippen LogP contribution in [0.15, 0.2) is 0 Å². The minimum atomic E-state index is -0.466. The lowest BCUT2D eigenvalue weighted by atomic mass is 10.2. The number of piperazine rings is 1. The van der Waals surface area contributed by atoms with Gasteiger partial charge in [0.1, 0.15) is 17.1 Å². The number of hydrogen-bond donors (Lipinski definition) is 3. The van der Waals surface area contributed by atoms with E-state index >= 15 is 0 Å². The van der Waals surface area contributed by atoms with Crippen LogP contribution in [0.2, 0.25) is 0 Å². The lowest BCUT2D eigenvalue weighted by Gasteiger charge is -2.22. The maximum absolute atomic E-state index is 12.0. The van der Waals surface area contributed by atoms with Gasteiger partial charge in [-0.25, -0.2) is 0 Å². The monoisotopic (exact) mass is 278 g/mol. The first kappa shape index (κ1) is 13.5. The molecule has 0 aliphatic carbocycles. The van der Waals surface area contributed by atoms with Crippen molar-refractivity contribution >= 4 is 28.2 Å². The normalized spacial score (nSPS) is 18.6. The van der Waals surface area contributed by atoms with Crippen LogP contribution in [0.5, 0.6) is 0 Å². The zero-order chi connectivity index (χ0) is 14.0. The third-order valence-electron chi connectivity index (χ3n) is 3.06. The molecule has 1 aliphatic rings. The van der Waals surface area contributed by atoms with E-state index in [0.717, 1.165) is 10.4 Å². The summed E-state index contributed by atoms with van der Waals surface area (Å²) in [5.74, 6) is -0.359. The Morgan fingerprint density at radius 1 is 1.53 bits per heavy atom. The summed E-state index contributed by atoms with van der Waals surface area (Å²) in [5.41, 5.74) is 1.41. The summed E-state index contributed by atoms with van der Waals surface area (Å²) in [4.78, 5) is 24.0. The molecule has 2 heterocycles. The van der Waals surface area contributed by atoms with E-state index in [-0.39, 0.29) is 24.9 Å². The van der Waals surface area contributed by atoms with E-state index in [1.807, 2.05) is 13.8 Å². The molecule has 6 nitrogen and oxygen atoms in total. The maximum atomic E-state index is 12.0. The average Bonchev–Trinajstić information content (AvgIpc) is 2.65. The molecule has 1 aliphatic heterocycles. The van der Waals surface area contributed by atoms with Crippen molar-refractivity contribution in [1.82, 2.24) is 10.6 Å². The van der Waals surface area contributed by atoms with Crippen LogP contribution in [0.4, 0.5) is 5.00 Å². The van der Waals surface area contributed by atoms with Crippen molar-refractivity contribution in [3.63, 3.8) is 0 Å². The van der Waals surface area contributed by atoms with Crippen molar-refractivity contribution in [2.45, 2.75) is 19.9 Å². The quantitative estimate of drug-likeness (QED) is 0.723. The molecular formula is C12H14N4O2S. The molecule has 0 saturated carbocycles. The van der Waals surface area contributed by atoms with Crippen molar-refractivity contribution in [3.05, 3.63) is 16.0 Å². The van der Waals surface area contributed by atoms with Crippen LogP contribution in [0, 0.1) is 25.2 Å².